The Morgan fingerprint density at radius 3 is 2.11 bits per heavy atom. The lowest BCUT2D eigenvalue weighted by Crippen LogP contribution is -2.46. The average molecular weight is 471 g/mol. The second-order valence-corrected chi connectivity index (χ2v) is 9.52. The summed E-state index contributed by atoms with van der Waals surface area (Å²) in [5.74, 6) is 1.60. The van der Waals surface area contributed by atoms with Gasteiger partial charge in [-0.25, -0.2) is 4.79 Å². The van der Waals surface area contributed by atoms with Crippen molar-refractivity contribution in [1.82, 2.24) is 10.2 Å². The Balaban J connectivity index is 1.42. The minimum atomic E-state index is 0.00338. The smallest absolute Gasteiger partial charge is 0.317 e. The maximum atomic E-state index is 13.7. The van der Waals surface area contributed by atoms with E-state index in [0.29, 0.717) is 26.3 Å². The van der Waals surface area contributed by atoms with Gasteiger partial charge in [0.1, 0.15) is 13.2 Å². The van der Waals surface area contributed by atoms with Crippen molar-refractivity contribution in [1.29, 1.82) is 0 Å². The van der Waals surface area contributed by atoms with E-state index in [9.17, 15) is 4.79 Å². The predicted molar refractivity (Wildman–Crippen MR) is 138 cm³/mol. The molecule has 3 aromatic carbocycles. The van der Waals surface area contributed by atoms with Crippen LogP contribution in [0.15, 0.2) is 78.9 Å². The Bertz CT molecular complexity index is 1060. The number of ether oxygens (including phenoxy) is 2. The number of carbonyl (C=O) groups is 1. The Labute approximate surface area is 208 Å². The number of fused-ring (bicyclic) bond motifs is 1. The van der Waals surface area contributed by atoms with Crippen LogP contribution in [0.2, 0.25) is 0 Å². The summed E-state index contributed by atoms with van der Waals surface area (Å²) >= 11 is 0. The summed E-state index contributed by atoms with van der Waals surface area (Å²) in [6.45, 7) is 2.21. The maximum absolute atomic E-state index is 13.7. The fourth-order valence-electron chi connectivity index (χ4n) is 5.13. The highest BCUT2D eigenvalue weighted by Gasteiger charge is 2.25. The number of rotatable bonds is 7. The highest BCUT2D eigenvalue weighted by atomic mass is 16.6. The third-order valence-electron chi connectivity index (χ3n) is 7.01. The molecule has 5 heteroatoms. The molecule has 0 bridgehead atoms. The Hall–Kier alpha value is -3.47. The number of amides is 2. The minimum Gasteiger partial charge on any atom is -0.486 e. The second-order valence-electron chi connectivity index (χ2n) is 9.52. The van der Waals surface area contributed by atoms with Crippen LogP contribution in [0.25, 0.3) is 0 Å². The van der Waals surface area contributed by atoms with Crippen LogP contribution < -0.4 is 14.8 Å². The molecule has 5 nitrogen and oxygen atoms in total. The number of nitrogens with zero attached hydrogens (tertiary/aromatic N) is 1. The van der Waals surface area contributed by atoms with Gasteiger partial charge in [0.25, 0.3) is 0 Å². The van der Waals surface area contributed by atoms with Gasteiger partial charge < -0.3 is 19.7 Å². The lowest BCUT2D eigenvalue weighted by atomic mass is 9.90. The maximum Gasteiger partial charge on any atom is 0.317 e. The van der Waals surface area contributed by atoms with Gasteiger partial charge in [-0.15, -0.1) is 0 Å². The first-order valence-electron chi connectivity index (χ1n) is 12.8. The first kappa shape index (κ1) is 23.3. The molecule has 0 atom stereocenters. The van der Waals surface area contributed by atoms with E-state index in [1.807, 2.05) is 35.2 Å². The average Bonchev–Trinajstić information content (AvgIpc) is 2.92. The number of hydrogen-bond donors (Lipinski definition) is 1. The molecule has 1 aliphatic heterocycles. The molecule has 1 saturated carbocycles. The molecule has 0 saturated heterocycles. The van der Waals surface area contributed by atoms with E-state index >= 15 is 0 Å². The summed E-state index contributed by atoms with van der Waals surface area (Å²) in [4.78, 5) is 15.6. The van der Waals surface area contributed by atoms with Crippen molar-refractivity contribution < 1.29 is 14.3 Å². The molecular formula is C30H34N2O3. The van der Waals surface area contributed by atoms with Gasteiger partial charge in [-0.1, -0.05) is 86.0 Å². The van der Waals surface area contributed by atoms with Crippen LogP contribution >= 0.6 is 0 Å². The minimum absolute atomic E-state index is 0.00338. The summed E-state index contributed by atoms with van der Waals surface area (Å²) in [5.41, 5.74) is 3.44. The predicted octanol–water partition coefficient (Wildman–Crippen LogP) is 6.13. The summed E-state index contributed by atoms with van der Waals surface area (Å²) in [5, 5.41) is 3.34. The van der Waals surface area contributed by atoms with Gasteiger partial charge in [-0.2, -0.15) is 0 Å². The van der Waals surface area contributed by atoms with Gasteiger partial charge in [-0.05, 0) is 41.7 Å². The zero-order valence-electron chi connectivity index (χ0n) is 20.2. The molecule has 0 radical (unpaired) electrons. The molecule has 3 aromatic rings. The van der Waals surface area contributed by atoms with E-state index in [1.165, 1.54) is 30.4 Å². The van der Waals surface area contributed by atoms with Gasteiger partial charge in [0.2, 0.25) is 0 Å². The van der Waals surface area contributed by atoms with E-state index < -0.39 is 0 Å². The summed E-state index contributed by atoms with van der Waals surface area (Å²) in [6.07, 6.45) is 5.75. The number of hydrogen-bond acceptors (Lipinski definition) is 3. The van der Waals surface area contributed by atoms with E-state index in [4.69, 9.17) is 9.47 Å². The fraction of sp³-hybridized carbons (Fsp3) is 0.367. The first-order chi connectivity index (χ1) is 17.3. The first-order valence-corrected chi connectivity index (χ1v) is 12.8. The Kier molecular flexibility index (Phi) is 7.52. The third-order valence-corrected chi connectivity index (χ3v) is 7.01. The molecule has 0 aromatic heterocycles. The second kappa shape index (κ2) is 11.3. The van der Waals surface area contributed by atoms with Gasteiger partial charge in [0.15, 0.2) is 11.5 Å². The summed E-state index contributed by atoms with van der Waals surface area (Å²) < 4.78 is 11.5. The Morgan fingerprint density at radius 2 is 1.46 bits per heavy atom. The van der Waals surface area contributed by atoms with Crippen LogP contribution in [-0.2, 0) is 6.54 Å². The molecule has 0 unspecified atom stereocenters. The number of carbonyl (C=O) groups excluding carboxylic acids is 1. The van der Waals surface area contributed by atoms with E-state index in [1.54, 1.807) is 0 Å². The van der Waals surface area contributed by atoms with Crippen LogP contribution in [0.5, 0.6) is 11.5 Å². The van der Waals surface area contributed by atoms with Crippen molar-refractivity contribution in [2.45, 2.75) is 50.6 Å². The number of nitrogens with one attached hydrogen (secondary N) is 1. The molecule has 1 aliphatic carbocycles. The highest BCUT2D eigenvalue weighted by Crippen LogP contribution is 2.32. The molecule has 35 heavy (non-hydrogen) atoms. The lowest BCUT2D eigenvalue weighted by Gasteiger charge is -2.32. The zero-order valence-corrected chi connectivity index (χ0v) is 20.2. The largest absolute Gasteiger partial charge is 0.486 e. The SMILES string of the molecule is O=C(NC1CCCCC1)N(Cc1ccc2c(c1)OCCO2)CC(c1ccccc1)c1ccccc1. The lowest BCUT2D eigenvalue weighted by molar-refractivity contribution is 0.170. The molecule has 5 rings (SSSR count). The van der Waals surface area contributed by atoms with Crippen molar-refractivity contribution in [3.8, 4) is 11.5 Å². The van der Waals surface area contributed by atoms with Crippen LogP contribution in [0, 0.1) is 0 Å². The fourth-order valence-corrected chi connectivity index (χ4v) is 5.13. The molecule has 0 spiro atoms. The van der Waals surface area contributed by atoms with Crippen LogP contribution in [0.3, 0.4) is 0 Å². The standard InChI is InChI=1S/C30H34N2O3/c33-30(31-26-14-8-3-9-15-26)32(21-23-16-17-28-29(20-23)35-19-18-34-28)22-27(24-10-4-1-5-11-24)25-12-6-2-7-13-25/h1-2,4-7,10-13,16-17,20,26-27H,3,8-9,14-15,18-19,21-22H2,(H,31,33). The molecule has 2 amide bonds. The normalized spacial score (nSPS) is 15.6. The van der Waals surface area contributed by atoms with Gasteiger partial charge >= 0.3 is 6.03 Å². The molecule has 1 heterocycles. The molecule has 182 valence electrons. The van der Waals surface area contributed by atoms with Crippen molar-refractivity contribution in [2.75, 3.05) is 19.8 Å². The van der Waals surface area contributed by atoms with Crippen LogP contribution in [0.1, 0.15) is 54.7 Å². The summed E-state index contributed by atoms with van der Waals surface area (Å²) in [7, 11) is 0. The third kappa shape index (κ3) is 5.97. The Morgan fingerprint density at radius 1 is 0.829 bits per heavy atom. The van der Waals surface area contributed by atoms with Crippen LogP contribution in [-0.4, -0.2) is 36.7 Å². The van der Waals surface area contributed by atoms with Crippen LogP contribution in [0.4, 0.5) is 4.79 Å². The molecule has 1 fully saturated rings. The van der Waals surface area contributed by atoms with Crippen molar-refractivity contribution in [3.05, 3.63) is 95.6 Å². The van der Waals surface area contributed by atoms with E-state index in [-0.39, 0.29) is 18.0 Å². The topological polar surface area (TPSA) is 50.8 Å². The quantitative estimate of drug-likeness (QED) is 0.452. The van der Waals surface area contributed by atoms with E-state index in [0.717, 1.165) is 29.9 Å². The number of benzene rings is 3. The zero-order chi connectivity index (χ0) is 23.9. The molecule has 1 N–H and O–H groups in total. The molecule has 2 aliphatic rings. The van der Waals surface area contributed by atoms with Gasteiger partial charge in [0, 0.05) is 25.0 Å². The van der Waals surface area contributed by atoms with Gasteiger partial charge in [0.05, 0.1) is 0 Å². The van der Waals surface area contributed by atoms with Gasteiger partial charge in [-0.3, -0.25) is 0 Å². The molecular weight excluding hydrogens is 436 g/mol. The van der Waals surface area contributed by atoms with Crippen molar-refractivity contribution in [2.24, 2.45) is 0 Å². The van der Waals surface area contributed by atoms with Crippen molar-refractivity contribution in [3.63, 3.8) is 0 Å². The summed E-state index contributed by atoms with van der Waals surface area (Å²) in [6, 6.07) is 27.2. The monoisotopic (exact) mass is 470 g/mol. The van der Waals surface area contributed by atoms with E-state index in [2.05, 4.69) is 53.8 Å². The number of urea groups is 1. The van der Waals surface area contributed by atoms with Crippen molar-refractivity contribution >= 4 is 6.03 Å². The highest BCUT2D eigenvalue weighted by molar-refractivity contribution is 5.75.